The first kappa shape index (κ1) is 14.7. The van der Waals surface area contributed by atoms with Gasteiger partial charge in [0.25, 0.3) is 0 Å². The minimum absolute atomic E-state index is 0.0417. The smallest absolute Gasteiger partial charge is 0.300 e. The molecule has 0 bridgehead atoms. The molecule has 0 aromatic heterocycles. The molecule has 1 aromatic carbocycles. The van der Waals surface area contributed by atoms with E-state index in [-0.39, 0.29) is 29.5 Å². The minimum atomic E-state index is -3.85. The Morgan fingerprint density at radius 2 is 2.00 bits per heavy atom. The summed E-state index contributed by atoms with van der Waals surface area (Å²) < 4.78 is 33.4. The van der Waals surface area contributed by atoms with Crippen molar-refractivity contribution in [3.8, 4) is 5.75 Å². The van der Waals surface area contributed by atoms with Crippen molar-refractivity contribution >= 4 is 15.9 Å². The van der Waals surface area contributed by atoms with Gasteiger partial charge in [0.1, 0.15) is 16.4 Å². The van der Waals surface area contributed by atoms with Gasteiger partial charge >= 0.3 is 10.1 Å². The van der Waals surface area contributed by atoms with Gasteiger partial charge < -0.3 is 4.74 Å². The zero-order chi connectivity index (χ0) is 13.8. The number of Topliss-reactive ketones (excluding diaryl/α,β-unsaturated/α-hetero) is 1. The molecule has 0 fully saturated rings. The van der Waals surface area contributed by atoms with Crippen LogP contribution < -0.4 is 4.74 Å². The van der Waals surface area contributed by atoms with Gasteiger partial charge in [-0.15, -0.1) is 0 Å². The normalized spacial score (nSPS) is 11.3. The molecule has 0 saturated carbocycles. The van der Waals surface area contributed by atoms with E-state index in [1.54, 1.807) is 13.0 Å². The van der Waals surface area contributed by atoms with E-state index >= 15 is 0 Å². The molecule has 0 N–H and O–H groups in total. The second-order valence-electron chi connectivity index (χ2n) is 3.72. The molecule has 1 rings (SSSR count). The second-order valence-corrected chi connectivity index (χ2v) is 5.31. The first-order valence-electron chi connectivity index (χ1n) is 5.46. The molecule has 18 heavy (non-hydrogen) atoms. The zero-order valence-electron chi connectivity index (χ0n) is 10.6. The highest BCUT2D eigenvalue weighted by atomic mass is 32.2. The number of ether oxygens (including phenoxy) is 1. The summed E-state index contributed by atoms with van der Waals surface area (Å²) in [7, 11) is -2.47. The van der Waals surface area contributed by atoms with Crippen LogP contribution in [0.15, 0.2) is 23.1 Å². The van der Waals surface area contributed by atoms with Crippen molar-refractivity contribution in [1.29, 1.82) is 0 Å². The summed E-state index contributed by atoms with van der Waals surface area (Å²) in [6, 6.07) is 4.58. The Bertz CT molecular complexity index is 533. The number of hydrogen-bond donors (Lipinski definition) is 0. The average Bonchev–Trinajstić information content (AvgIpc) is 2.28. The van der Waals surface area contributed by atoms with E-state index in [0.717, 1.165) is 0 Å². The van der Waals surface area contributed by atoms with E-state index in [4.69, 9.17) is 8.92 Å². The van der Waals surface area contributed by atoms with Crippen LogP contribution in [0.5, 0.6) is 5.75 Å². The summed E-state index contributed by atoms with van der Waals surface area (Å²) in [5.74, 6) is 0.163. The third kappa shape index (κ3) is 3.54. The summed E-state index contributed by atoms with van der Waals surface area (Å²) in [5, 5.41) is 0. The molecule has 0 unspecified atom stereocenters. The van der Waals surface area contributed by atoms with Gasteiger partial charge in [-0.05, 0) is 31.5 Å². The Morgan fingerprint density at radius 1 is 1.33 bits per heavy atom. The van der Waals surface area contributed by atoms with Crippen LogP contribution >= 0.6 is 0 Å². The van der Waals surface area contributed by atoms with E-state index in [1.165, 1.54) is 26.2 Å². The number of carbonyl (C=O) groups is 1. The van der Waals surface area contributed by atoms with Crippen LogP contribution in [0.4, 0.5) is 0 Å². The third-order valence-corrected chi connectivity index (χ3v) is 3.63. The molecule has 0 aliphatic rings. The molecule has 0 heterocycles. The molecule has 0 aliphatic heterocycles. The van der Waals surface area contributed by atoms with Gasteiger partial charge in [-0.25, -0.2) is 0 Å². The first-order chi connectivity index (χ1) is 8.40. The maximum atomic E-state index is 11.9. The lowest BCUT2D eigenvalue weighted by Gasteiger charge is -2.10. The van der Waals surface area contributed by atoms with Gasteiger partial charge in [0.2, 0.25) is 0 Å². The number of ketones is 1. The van der Waals surface area contributed by atoms with Crippen molar-refractivity contribution in [2.75, 3.05) is 13.7 Å². The van der Waals surface area contributed by atoms with E-state index in [0.29, 0.717) is 5.56 Å². The maximum absolute atomic E-state index is 11.9. The van der Waals surface area contributed by atoms with Gasteiger partial charge in [-0.3, -0.25) is 8.98 Å². The molecule has 0 spiro atoms. The third-order valence-electron chi connectivity index (χ3n) is 2.22. The van der Waals surface area contributed by atoms with Crippen molar-refractivity contribution in [3.63, 3.8) is 0 Å². The van der Waals surface area contributed by atoms with Gasteiger partial charge in [0, 0.05) is 6.42 Å². The monoisotopic (exact) mass is 272 g/mol. The van der Waals surface area contributed by atoms with Crippen LogP contribution in [0.25, 0.3) is 0 Å². The van der Waals surface area contributed by atoms with Crippen LogP contribution in [0.2, 0.25) is 0 Å². The van der Waals surface area contributed by atoms with Crippen molar-refractivity contribution in [1.82, 2.24) is 0 Å². The summed E-state index contributed by atoms with van der Waals surface area (Å²) in [6.45, 7) is 3.08. The molecule has 5 nitrogen and oxygen atoms in total. The van der Waals surface area contributed by atoms with Crippen molar-refractivity contribution < 1.29 is 22.1 Å². The van der Waals surface area contributed by atoms with E-state index in [1.807, 2.05) is 0 Å². The Hall–Kier alpha value is -1.40. The predicted molar refractivity (Wildman–Crippen MR) is 66.2 cm³/mol. The van der Waals surface area contributed by atoms with Crippen LogP contribution in [0, 0.1) is 0 Å². The van der Waals surface area contributed by atoms with Gasteiger partial charge in [0.05, 0.1) is 13.7 Å². The van der Waals surface area contributed by atoms with Crippen LogP contribution in [-0.4, -0.2) is 27.9 Å². The first-order valence-corrected chi connectivity index (χ1v) is 6.87. The van der Waals surface area contributed by atoms with Gasteiger partial charge in [0.15, 0.2) is 0 Å². The van der Waals surface area contributed by atoms with Crippen LogP contribution in [0.1, 0.15) is 19.4 Å². The number of carbonyl (C=O) groups excluding carboxylic acids is 1. The fourth-order valence-corrected chi connectivity index (χ4v) is 2.66. The quantitative estimate of drug-likeness (QED) is 0.735. The lowest BCUT2D eigenvalue weighted by atomic mass is 10.1. The highest BCUT2D eigenvalue weighted by molar-refractivity contribution is 7.86. The Kier molecular flexibility index (Phi) is 4.86. The summed E-state index contributed by atoms with van der Waals surface area (Å²) in [6.07, 6.45) is 0.179. The highest BCUT2D eigenvalue weighted by Crippen LogP contribution is 2.26. The summed E-state index contributed by atoms with van der Waals surface area (Å²) in [5.41, 5.74) is 0.613. The number of hydrogen-bond acceptors (Lipinski definition) is 5. The van der Waals surface area contributed by atoms with Gasteiger partial charge in [-0.2, -0.15) is 8.42 Å². The number of methoxy groups -OCH3 is 1. The van der Waals surface area contributed by atoms with Crippen LogP contribution in [-0.2, 0) is 25.5 Å². The fourth-order valence-electron chi connectivity index (χ4n) is 1.53. The highest BCUT2D eigenvalue weighted by Gasteiger charge is 2.20. The molecule has 0 radical (unpaired) electrons. The van der Waals surface area contributed by atoms with Crippen molar-refractivity contribution in [2.24, 2.45) is 0 Å². The van der Waals surface area contributed by atoms with Crippen molar-refractivity contribution in [2.45, 2.75) is 25.2 Å². The Labute approximate surface area is 107 Å². The van der Waals surface area contributed by atoms with E-state index in [9.17, 15) is 13.2 Å². The molecule has 100 valence electrons. The average molecular weight is 272 g/mol. The zero-order valence-corrected chi connectivity index (χ0v) is 11.4. The molecule has 0 amide bonds. The fraction of sp³-hybridized carbons (Fsp3) is 0.417. The van der Waals surface area contributed by atoms with E-state index < -0.39 is 10.1 Å². The summed E-state index contributed by atoms with van der Waals surface area (Å²) >= 11 is 0. The second kappa shape index (κ2) is 5.97. The standard InChI is InChI=1S/C12H16O5S/c1-4-17-18(14,15)12-8-10(7-9(2)13)5-6-11(12)16-3/h5-6,8H,4,7H2,1-3H3. The Balaban J connectivity index is 3.26. The molecule has 1 aromatic rings. The molecule has 0 atom stereocenters. The lowest BCUT2D eigenvalue weighted by molar-refractivity contribution is -0.116. The number of benzene rings is 1. The minimum Gasteiger partial charge on any atom is -0.495 e. The molecule has 6 heteroatoms. The maximum Gasteiger partial charge on any atom is 0.300 e. The van der Waals surface area contributed by atoms with Gasteiger partial charge in [-0.1, -0.05) is 6.07 Å². The topological polar surface area (TPSA) is 69.7 Å². The predicted octanol–water partition coefficient (Wildman–Crippen LogP) is 1.55. The number of rotatable bonds is 6. The molecule has 0 aliphatic carbocycles. The largest absolute Gasteiger partial charge is 0.495 e. The molecular weight excluding hydrogens is 256 g/mol. The van der Waals surface area contributed by atoms with E-state index in [2.05, 4.69) is 0 Å². The van der Waals surface area contributed by atoms with Crippen LogP contribution in [0.3, 0.4) is 0 Å². The lowest BCUT2D eigenvalue weighted by Crippen LogP contribution is -2.09. The molecule has 0 saturated heterocycles. The molecular formula is C12H16O5S. The Morgan fingerprint density at radius 3 is 2.50 bits per heavy atom. The summed E-state index contributed by atoms with van der Waals surface area (Å²) in [4.78, 5) is 11.0. The SMILES string of the molecule is CCOS(=O)(=O)c1cc(CC(C)=O)ccc1OC. The van der Waals surface area contributed by atoms with Crippen molar-refractivity contribution in [3.05, 3.63) is 23.8 Å².